The van der Waals surface area contributed by atoms with Crippen molar-refractivity contribution in [3.63, 3.8) is 0 Å². The first-order chi connectivity index (χ1) is 5.20. The molecule has 0 spiro atoms. The van der Waals surface area contributed by atoms with Crippen LogP contribution in [0, 0.1) is 0 Å². The number of thiol groups is 2. The van der Waals surface area contributed by atoms with Crippen molar-refractivity contribution in [2.45, 2.75) is 9.16 Å². The van der Waals surface area contributed by atoms with Gasteiger partial charge in [0, 0.05) is 24.1 Å². The molecule has 11 heavy (non-hydrogen) atoms. The van der Waals surface area contributed by atoms with Gasteiger partial charge in [-0.25, -0.2) is 3.63 Å². The van der Waals surface area contributed by atoms with Gasteiger partial charge in [-0.3, -0.25) is 0 Å². The van der Waals surface area contributed by atoms with E-state index in [-0.39, 0.29) is 9.16 Å². The van der Waals surface area contributed by atoms with Gasteiger partial charge in [0.15, 0.2) is 0 Å². The smallest absolute Gasteiger partial charge is 0.0926 e. The standard InChI is InChI=1S/C6H10OS4/c1-3-5(8)10-7-11-6(9)4-2/h3-6,8-9H,1-2H2. The van der Waals surface area contributed by atoms with E-state index in [0.29, 0.717) is 0 Å². The lowest BCUT2D eigenvalue weighted by Gasteiger charge is -2.05. The van der Waals surface area contributed by atoms with Crippen molar-refractivity contribution in [3.05, 3.63) is 25.3 Å². The van der Waals surface area contributed by atoms with Gasteiger partial charge in [0.25, 0.3) is 0 Å². The molecule has 2 atom stereocenters. The summed E-state index contributed by atoms with van der Waals surface area (Å²) in [5, 5.41) is 0. The first-order valence-corrected chi connectivity index (χ1v) is 5.45. The van der Waals surface area contributed by atoms with Crippen LogP contribution in [0.4, 0.5) is 0 Å². The Hall–Kier alpha value is 0.840. The summed E-state index contributed by atoms with van der Waals surface area (Å²) in [6.07, 6.45) is 3.38. The van der Waals surface area contributed by atoms with Crippen molar-refractivity contribution in [2.75, 3.05) is 0 Å². The van der Waals surface area contributed by atoms with Crippen LogP contribution in [0.2, 0.25) is 0 Å². The van der Waals surface area contributed by atoms with E-state index in [1.807, 2.05) is 0 Å². The van der Waals surface area contributed by atoms with E-state index in [2.05, 4.69) is 38.4 Å². The molecule has 2 unspecified atom stereocenters. The van der Waals surface area contributed by atoms with Crippen molar-refractivity contribution in [3.8, 4) is 0 Å². The normalized spacial score (nSPS) is 15.5. The van der Waals surface area contributed by atoms with Crippen molar-refractivity contribution >= 4 is 49.3 Å². The first-order valence-electron chi connectivity index (χ1n) is 2.80. The third-order valence-corrected chi connectivity index (χ3v) is 3.02. The zero-order valence-electron chi connectivity index (χ0n) is 5.84. The predicted octanol–water partition coefficient (Wildman–Crippen LogP) is 3.18. The average Bonchev–Trinajstić information content (AvgIpc) is 2.04. The Morgan fingerprint density at radius 1 is 1.09 bits per heavy atom. The highest BCUT2D eigenvalue weighted by atomic mass is 32.3. The van der Waals surface area contributed by atoms with Crippen LogP contribution in [0.3, 0.4) is 0 Å². The van der Waals surface area contributed by atoms with Crippen LogP contribution < -0.4 is 0 Å². The molecule has 5 heteroatoms. The number of rotatable bonds is 6. The second kappa shape index (κ2) is 7.49. The van der Waals surface area contributed by atoms with Crippen LogP contribution in [0.1, 0.15) is 0 Å². The second-order valence-corrected chi connectivity index (χ2v) is 5.27. The highest BCUT2D eigenvalue weighted by Crippen LogP contribution is 2.27. The Labute approximate surface area is 87.3 Å². The SMILES string of the molecule is C=CC(S)SOSC(S)C=C. The summed E-state index contributed by atoms with van der Waals surface area (Å²) in [6.45, 7) is 7.11. The molecule has 0 N–H and O–H groups in total. The summed E-state index contributed by atoms with van der Waals surface area (Å²) in [6, 6.07) is 0. The van der Waals surface area contributed by atoms with Crippen LogP contribution in [-0.2, 0) is 3.63 Å². The van der Waals surface area contributed by atoms with E-state index < -0.39 is 0 Å². The van der Waals surface area contributed by atoms with Crippen molar-refractivity contribution < 1.29 is 3.63 Å². The summed E-state index contributed by atoms with van der Waals surface area (Å²) < 4.78 is 5.09. The zero-order chi connectivity index (χ0) is 8.69. The highest BCUT2D eigenvalue weighted by molar-refractivity contribution is 8.17. The Bertz CT molecular complexity index is 114. The Balaban J connectivity index is 3.26. The molecule has 0 radical (unpaired) electrons. The Morgan fingerprint density at radius 2 is 1.45 bits per heavy atom. The quantitative estimate of drug-likeness (QED) is 0.312. The van der Waals surface area contributed by atoms with E-state index in [0.717, 1.165) is 0 Å². The number of hydrogen-bond donors (Lipinski definition) is 2. The maximum atomic E-state index is 5.08. The lowest BCUT2D eigenvalue weighted by molar-refractivity contribution is 0.759. The molecule has 0 fully saturated rings. The monoisotopic (exact) mass is 226 g/mol. The van der Waals surface area contributed by atoms with Crippen LogP contribution >= 0.6 is 49.3 Å². The van der Waals surface area contributed by atoms with Gasteiger partial charge in [-0.05, 0) is 0 Å². The molecule has 1 nitrogen and oxygen atoms in total. The van der Waals surface area contributed by atoms with Gasteiger partial charge in [-0.2, -0.15) is 25.3 Å². The summed E-state index contributed by atoms with van der Waals surface area (Å²) in [4.78, 5) is 0. The minimum Gasteiger partial charge on any atom is -0.244 e. The first kappa shape index (κ1) is 11.8. The average molecular weight is 226 g/mol. The fourth-order valence-electron chi connectivity index (χ4n) is 0.182. The molecular weight excluding hydrogens is 216 g/mol. The van der Waals surface area contributed by atoms with Crippen molar-refractivity contribution in [1.29, 1.82) is 0 Å². The molecule has 0 aliphatic rings. The Kier molecular flexibility index (Phi) is 8.06. The fourth-order valence-corrected chi connectivity index (χ4v) is 1.80. The zero-order valence-corrected chi connectivity index (χ0v) is 9.26. The lowest BCUT2D eigenvalue weighted by Crippen LogP contribution is -1.87. The third kappa shape index (κ3) is 7.21. The molecule has 0 saturated heterocycles. The topological polar surface area (TPSA) is 9.23 Å². The van der Waals surface area contributed by atoms with Crippen LogP contribution in [0.15, 0.2) is 25.3 Å². The van der Waals surface area contributed by atoms with Crippen LogP contribution in [0.25, 0.3) is 0 Å². The maximum absolute atomic E-state index is 5.08. The van der Waals surface area contributed by atoms with Crippen LogP contribution in [0.5, 0.6) is 0 Å². The number of hydrogen-bond acceptors (Lipinski definition) is 5. The molecule has 0 bridgehead atoms. The van der Waals surface area contributed by atoms with Gasteiger partial charge < -0.3 is 0 Å². The van der Waals surface area contributed by atoms with E-state index in [9.17, 15) is 0 Å². The minimum atomic E-state index is 0.00727. The molecular formula is C6H10OS4. The molecule has 0 saturated carbocycles. The molecule has 0 aliphatic carbocycles. The van der Waals surface area contributed by atoms with Gasteiger partial charge in [-0.15, -0.1) is 13.2 Å². The molecule has 0 aromatic rings. The van der Waals surface area contributed by atoms with E-state index in [1.165, 1.54) is 24.1 Å². The lowest BCUT2D eigenvalue weighted by atomic mass is 10.8. The molecule has 64 valence electrons. The van der Waals surface area contributed by atoms with Gasteiger partial charge >= 0.3 is 0 Å². The maximum Gasteiger partial charge on any atom is 0.0926 e. The fraction of sp³-hybridized carbons (Fsp3) is 0.333. The van der Waals surface area contributed by atoms with Gasteiger partial charge in [0.1, 0.15) is 0 Å². The molecule has 0 aromatic carbocycles. The summed E-state index contributed by atoms with van der Waals surface area (Å²) in [5.41, 5.74) is 0. The summed E-state index contributed by atoms with van der Waals surface area (Å²) >= 11 is 10.7. The summed E-state index contributed by atoms with van der Waals surface area (Å²) in [7, 11) is 0. The van der Waals surface area contributed by atoms with Crippen molar-refractivity contribution in [2.24, 2.45) is 0 Å². The minimum absolute atomic E-state index is 0.00727. The predicted molar refractivity (Wildman–Crippen MR) is 62.2 cm³/mol. The summed E-state index contributed by atoms with van der Waals surface area (Å²) in [5.74, 6) is 0. The van der Waals surface area contributed by atoms with Crippen LogP contribution in [-0.4, -0.2) is 9.16 Å². The molecule has 0 amide bonds. The molecule has 0 aliphatic heterocycles. The third-order valence-electron chi connectivity index (χ3n) is 0.679. The van der Waals surface area contributed by atoms with Gasteiger partial charge in [0.05, 0.1) is 9.16 Å². The van der Waals surface area contributed by atoms with Crippen molar-refractivity contribution in [1.82, 2.24) is 0 Å². The van der Waals surface area contributed by atoms with Gasteiger partial charge in [-0.1, -0.05) is 12.2 Å². The highest BCUT2D eigenvalue weighted by Gasteiger charge is 2.02. The largest absolute Gasteiger partial charge is 0.244 e. The van der Waals surface area contributed by atoms with E-state index in [4.69, 9.17) is 3.63 Å². The Morgan fingerprint density at radius 3 is 1.73 bits per heavy atom. The molecule has 0 rings (SSSR count). The second-order valence-electron chi connectivity index (χ2n) is 1.51. The molecule has 0 heterocycles. The van der Waals surface area contributed by atoms with Gasteiger partial charge in [0.2, 0.25) is 0 Å². The molecule has 0 aromatic heterocycles. The van der Waals surface area contributed by atoms with E-state index >= 15 is 0 Å². The van der Waals surface area contributed by atoms with E-state index in [1.54, 1.807) is 12.2 Å².